The van der Waals surface area contributed by atoms with E-state index in [1.54, 1.807) is 7.11 Å². The van der Waals surface area contributed by atoms with Gasteiger partial charge in [-0.2, -0.15) is 0 Å². The summed E-state index contributed by atoms with van der Waals surface area (Å²) in [7, 11) is 1.74. The van der Waals surface area contributed by atoms with Gasteiger partial charge in [0, 0.05) is 7.11 Å². The second kappa shape index (κ2) is 3.43. The monoisotopic (exact) mass is 148 g/mol. The van der Waals surface area contributed by atoms with Crippen LogP contribution >= 0.6 is 11.6 Å². The predicted octanol–water partition coefficient (Wildman–Crippen LogP) is 2.18. The molecular formula is C7H13ClO. The first-order chi connectivity index (χ1) is 4.34. The van der Waals surface area contributed by atoms with Crippen LogP contribution in [0.4, 0.5) is 0 Å². The highest BCUT2D eigenvalue weighted by atomic mass is 35.5. The average molecular weight is 149 g/mol. The minimum absolute atomic E-state index is 0.267. The first-order valence-corrected chi connectivity index (χ1v) is 3.95. The van der Waals surface area contributed by atoms with Gasteiger partial charge in [-0.1, -0.05) is 12.8 Å². The zero-order chi connectivity index (χ0) is 6.69. The molecule has 0 heterocycles. The highest BCUT2D eigenvalue weighted by Crippen LogP contribution is 2.24. The molecule has 0 saturated heterocycles. The third-order valence-electron chi connectivity index (χ3n) is 1.92. The van der Waals surface area contributed by atoms with Crippen LogP contribution in [0.5, 0.6) is 0 Å². The van der Waals surface area contributed by atoms with Crippen molar-refractivity contribution in [1.29, 1.82) is 0 Å². The molecule has 0 spiro atoms. The Morgan fingerprint density at radius 2 is 2.00 bits per heavy atom. The molecular weight excluding hydrogens is 136 g/mol. The molecule has 0 unspecified atom stereocenters. The second-order valence-electron chi connectivity index (χ2n) is 2.57. The maximum absolute atomic E-state index is 5.96. The van der Waals surface area contributed by atoms with Crippen molar-refractivity contribution in [3.8, 4) is 0 Å². The van der Waals surface area contributed by atoms with E-state index >= 15 is 0 Å². The number of methoxy groups -OCH3 is 1. The van der Waals surface area contributed by atoms with E-state index in [0.29, 0.717) is 6.10 Å². The van der Waals surface area contributed by atoms with Crippen molar-refractivity contribution in [2.75, 3.05) is 7.11 Å². The van der Waals surface area contributed by atoms with Gasteiger partial charge >= 0.3 is 0 Å². The lowest BCUT2D eigenvalue weighted by Crippen LogP contribution is -2.26. The minimum Gasteiger partial charge on any atom is -0.380 e. The first-order valence-electron chi connectivity index (χ1n) is 3.51. The molecule has 2 heteroatoms. The van der Waals surface area contributed by atoms with Crippen LogP contribution in [0, 0.1) is 0 Å². The highest BCUT2D eigenvalue weighted by Gasteiger charge is 2.21. The van der Waals surface area contributed by atoms with Gasteiger partial charge in [-0.15, -0.1) is 11.6 Å². The van der Waals surface area contributed by atoms with Gasteiger partial charge in [0.1, 0.15) is 0 Å². The van der Waals surface area contributed by atoms with Crippen molar-refractivity contribution in [1.82, 2.24) is 0 Å². The summed E-state index contributed by atoms with van der Waals surface area (Å²) in [4.78, 5) is 0. The Hall–Kier alpha value is 0.250. The molecule has 54 valence electrons. The third-order valence-corrected chi connectivity index (χ3v) is 2.42. The Balaban J connectivity index is 2.30. The van der Waals surface area contributed by atoms with Crippen LogP contribution in [-0.4, -0.2) is 18.6 Å². The fraction of sp³-hybridized carbons (Fsp3) is 1.00. The third kappa shape index (κ3) is 1.84. The SMILES string of the molecule is CO[C@@H]1CCCC[C@@H]1Cl. The van der Waals surface area contributed by atoms with Crippen LogP contribution in [0.15, 0.2) is 0 Å². The number of ether oxygens (including phenoxy) is 1. The summed E-state index contributed by atoms with van der Waals surface area (Å²) in [6, 6.07) is 0. The van der Waals surface area contributed by atoms with E-state index in [4.69, 9.17) is 16.3 Å². The van der Waals surface area contributed by atoms with Crippen molar-refractivity contribution in [3.63, 3.8) is 0 Å². The molecule has 0 aromatic heterocycles. The first kappa shape index (κ1) is 7.36. The van der Waals surface area contributed by atoms with Gasteiger partial charge < -0.3 is 4.74 Å². The highest BCUT2D eigenvalue weighted by molar-refractivity contribution is 6.21. The molecule has 9 heavy (non-hydrogen) atoms. The topological polar surface area (TPSA) is 9.23 Å². The second-order valence-corrected chi connectivity index (χ2v) is 3.14. The van der Waals surface area contributed by atoms with Crippen LogP contribution in [0.3, 0.4) is 0 Å². The summed E-state index contributed by atoms with van der Waals surface area (Å²) in [6.45, 7) is 0. The van der Waals surface area contributed by atoms with Gasteiger partial charge in [-0.3, -0.25) is 0 Å². The molecule has 1 aliphatic carbocycles. The molecule has 0 aromatic carbocycles. The largest absolute Gasteiger partial charge is 0.380 e. The molecule has 0 amide bonds. The Morgan fingerprint density at radius 1 is 1.33 bits per heavy atom. The van der Waals surface area contributed by atoms with Crippen molar-refractivity contribution >= 4 is 11.6 Å². The van der Waals surface area contributed by atoms with E-state index in [-0.39, 0.29) is 5.38 Å². The molecule has 1 aliphatic rings. The summed E-state index contributed by atoms with van der Waals surface area (Å²) in [5.74, 6) is 0. The number of hydrogen-bond acceptors (Lipinski definition) is 1. The summed E-state index contributed by atoms with van der Waals surface area (Å²) in [5, 5.41) is 0.267. The van der Waals surface area contributed by atoms with Crippen LogP contribution in [-0.2, 0) is 4.74 Å². The Morgan fingerprint density at radius 3 is 2.44 bits per heavy atom. The van der Waals surface area contributed by atoms with Crippen molar-refractivity contribution in [3.05, 3.63) is 0 Å². The Kier molecular flexibility index (Phi) is 2.80. The molecule has 0 N–H and O–H groups in total. The lowest BCUT2D eigenvalue weighted by atomic mass is 9.97. The van der Waals surface area contributed by atoms with Gasteiger partial charge in [0.25, 0.3) is 0 Å². The minimum atomic E-state index is 0.267. The maximum atomic E-state index is 5.96. The van der Waals surface area contributed by atoms with Crippen LogP contribution < -0.4 is 0 Å². The number of alkyl halides is 1. The standard InChI is InChI=1S/C7H13ClO/c1-9-7-5-3-2-4-6(7)8/h6-7H,2-5H2,1H3/t6-,7+/m0/s1. The summed E-state index contributed by atoms with van der Waals surface area (Å²) in [6.07, 6.45) is 5.14. The molecule has 1 saturated carbocycles. The maximum Gasteiger partial charge on any atom is 0.0734 e. The van der Waals surface area contributed by atoms with Crippen molar-refractivity contribution in [2.45, 2.75) is 37.2 Å². The molecule has 0 aromatic rings. The van der Waals surface area contributed by atoms with E-state index in [0.717, 1.165) is 12.8 Å². The quantitative estimate of drug-likeness (QED) is 0.518. The lowest BCUT2D eigenvalue weighted by Gasteiger charge is -2.25. The Bertz CT molecular complexity index is 85.0. The molecule has 0 aliphatic heterocycles. The fourth-order valence-corrected chi connectivity index (χ4v) is 1.70. The van der Waals surface area contributed by atoms with Crippen LogP contribution in [0.2, 0.25) is 0 Å². The smallest absolute Gasteiger partial charge is 0.0734 e. The van der Waals surface area contributed by atoms with E-state index in [9.17, 15) is 0 Å². The van der Waals surface area contributed by atoms with Crippen LogP contribution in [0.1, 0.15) is 25.7 Å². The zero-order valence-corrected chi connectivity index (χ0v) is 6.53. The fourth-order valence-electron chi connectivity index (χ4n) is 1.32. The van der Waals surface area contributed by atoms with Gasteiger partial charge in [-0.25, -0.2) is 0 Å². The van der Waals surface area contributed by atoms with Crippen molar-refractivity contribution in [2.24, 2.45) is 0 Å². The van der Waals surface area contributed by atoms with Gasteiger partial charge in [-0.05, 0) is 12.8 Å². The summed E-state index contributed by atoms with van der Waals surface area (Å²) < 4.78 is 5.17. The zero-order valence-electron chi connectivity index (χ0n) is 5.77. The predicted molar refractivity (Wildman–Crippen MR) is 38.9 cm³/mol. The average Bonchev–Trinajstić information content (AvgIpc) is 1.89. The van der Waals surface area contributed by atoms with E-state index in [1.807, 2.05) is 0 Å². The molecule has 0 bridgehead atoms. The molecule has 1 rings (SSSR count). The summed E-state index contributed by atoms with van der Waals surface area (Å²) in [5.41, 5.74) is 0. The van der Waals surface area contributed by atoms with Gasteiger partial charge in [0.05, 0.1) is 11.5 Å². The Labute approximate surface area is 61.3 Å². The van der Waals surface area contributed by atoms with E-state index < -0.39 is 0 Å². The molecule has 1 nitrogen and oxygen atoms in total. The molecule has 0 radical (unpaired) electrons. The van der Waals surface area contributed by atoms with E-state index in [1.165, 1.54) is 12.8 Å². The van der Waals surface area contributed by atoms with Gasteiger partial charge in [0.15, 0.2) is 0 Å². The summed E-state index contributed by atoms with van der Waals surface area (Å²) >= 11 is 5.96. The number of rotatable bonds is 1. The van der Waals surface area contributed by atoms with Crippen molar-refractivity contribution < 1.29 is 4.74 Å². The van der Waals surface area contributed by atoms with Gasteiger partial charge in [0.2, 0.25) is 0 Å². The number of halogens is 1. The van der Waals surface area contributed by atoms with Crippen LogP contribution in [0.25, 0.3) is 0 Å². The lowest BCUT2D eigenvalue weighted by molar-refractivity contribution is 0.0744. The molecule has 2 atom stereocenters. The number of hydrogen-bond donors (Lipinski definition) is 0. The normalized spacial score (nSPS) is 36.7. The van der Waals surface area contributed by atoms with E-state index in [2.05, 4.69) is 0 Å². The molecule has 1 fully saturated rings.